The smallest absolute Gasteiger partial charge is 0.243 e. The van der Waals surface area contributed by atoms with Gasteiger partial charge in [0.05, 0.1) is 21.0 Å². The number of carbonyl (C=O) groups excluding carboxylic acids is 1. The third-order valence-electron chi connectivity index (χ3n) is 4.99. The molecule has 1 aliphatic heterocycles. The third-order valence-corrected chi connectivity index (χ3v) is 8.30. The molecule has 4 rings (SSSR count). The number of rotatable bonds is 4. The summed E-state index contributed by atoms with van der Waals surface area (Å²) < 4.78 is 29.3. The minimum Gasteiger partial charge on any atom is -0.302 e. The summed E-state index contributed by atoms with van der Waals surface area (Å²) in [6, 6.07) is 12.6. The maximum atomic E-state index is 13.0. The zero-order valence-electron chi connectivity index (χ0n) is 15.8. The fourth-order valence-corrected chi connectivity index (χ4v) is 6.34. The lowest BCUT2D eigenvalue weighted by Gasteiger charge is -2.31. The van der Waals surface area contributed by atoms with E-state index in [1.165, 1.54) is 15.6 Å². The van der Waals surface area contributed by atoms with Gasteiger partial charge in [0, 0.05) is 17.6 Å². The summed E-state index contributed by atoms with van der Waals surface area (Å²) in [6.45, 7) is 2.52. The van der Waals surface area contributed by atoms with Crippen molar-refractivity contribution in [1.82, 2.24) is 9.29 Å². The van der Waals surface area contributed by atoms with Crippen molar-refractivity contribution in [2.75, 3.05) is 18.4 Å². The van der Waals surface area contributed by atoms with E-state index in [4.69, 9.17) is 0 Å². The second kappa shape index (κ2) is 8.14. The summed E-state index contributed by atoms with van der Waals surface area (Å²) in [5.41, 5.74) is 1.82. The van der Waals surface area contributed by atoms with Gasteiger partial charge in [-0.1, -0.05) is 45.0 Å². The third kappa shape index (κ3) is 4.37. The first-order valence-corrected chi connectivity index (χ1v) is 12.3. The number of hydrogen-bond acceptors (Lipinski definition) is 5. The van der Waals surface area contributed by atoms with Crippen molar-refractivity contribution in [3.63, 3.8) is 0 Å². The van der Waals surface area contributed by atoms with E-state index in [9.17, 15) is 13.2 Å². The van der Waals surface area contributed by atoms with Crippen LogP contribution in [0.15, 0.2) is 51.8 Å². The van der Waals surface area contributed by atoms with Gasteiger partial charge in [-0.15, -0.1) is 0 Å². The molecule has 1 atom stereocenters. The minimum absolute atomic E-state index is 0.179. The molecule has 1 N–H and O–H groups in total. The van der Waals surface area contributed by atoms with Gasteiger partial charge in [0.1, 0.15) is 0 Å². The van der Waals surface area contributed by atoms with E-state index in [0.717, 1.165) is 20.3 Å². The van der Waals surface area contributed by atoms with Gasteiger partial charge >= 0.3 is 0 Å². The maximum absolute atomic E-state index is 13.0. The first kappa shape index (κ1) is 20.5. The first-order valence-electron chi connectivity index (χ1n) is 9.27. The Morgan fingerprint density at radius 3 is 2.76 bits per heavy atom. The summed E-state index contributed by atoms with van der Waals surface area (Å²) in [4.78, 5) is 17.5. The molecular formula is C20H20BrN3O3S2. The van der Waals surface area contributed by atoms with Crippen LogP contribution in [0.3, 0.4) is 0 Å². The number of thiazole rings is 1. The van der Waals surface area contributed by atoms with Crippen LogP contribution in [0, 0.1) is 12.8 Å². The van der Waals surface area contributed by atoms with Crippen LogP contribution in [-0.4, -0.2) is 36.7 Å². The quantitative estimate of drug-likeness (QED) is 0.583. The van der Waals surface area contributed by atoms with Crippen molar-refractivity contribution in [3.8, 4) is 0 Å². The van der Waals surface area contributed by atoms with Crippen molar-refractivity contribution in [2.45, 2.75) is 24.7 Å². The second-order valence-electron chi connectivity index (χ2n) is 7.14. The molecule has 1 fully saturated rings. The Balaban J connectivity index is 1.48. The van der Waals surface area contributed by atoms with E-state index in [1.807, 2.05) is 25.1 Å². The molecule has 2 heterocycles. The van der Waals surface area contributed by atoms with Gasteiger partial charge in [0.2, 0.25) is 15.9 Å². The van der Waals surface area contributed by atoms with E-state index < -0.39 is 15.9 Å². The molecule has 1 amide bonds. The van der Waals surface area contributed by atoms with E-state index in [0.29, 0.717) is 24.5 Å². The number of piperidine rings is 1. The van der Waals surface area contributed by atoms with Crippen LogP contribution in [-0.2, 0) is 14.8 Å². The highest BCUT2D eigenvalue weighted by atomic mass is 79.9. The molecule has 0 saturated carbocycles. The first-order chi connectivity index (χ1) is 13.8. The Bertz CT molecular complexity index is 1160. The van der Waals surface area contributed by atoms with Crippen molar-refractivity contribution >= 4 is 58.5 Å². The molecule has 29 heavy (non-hydrogen) atoms. The van der Waals surface area contributed by atoms with E-state index in [-0.39, 0.29) is 17.3 Å². The van der Waals surface area contributed by atoms with Crippen LogP contribution in [0.2, 0.25) is 0 Å². The van der Waals surface area contributed by atoms with Gasteiger partial charge < -0.3 is 5.32 Å². The topological polar surface area (TPSA) is 79.4 Å². The number of nitrogens with one attached hydrogen (secondary N) is 1. The number of amides is 1. The molecule has 2 aromatic carbocycles. The van der Waals surface area contributed by atoms with Crippen LogP contribution in [0.4, 0.5) is 5.13 Å². The lowest BCUT2D eigenvalue weighted by atomic mass is 9.99. The maximum Gasteiger partial charge on any atom is 0.243 e. The molecule has 9 heteroatoms. The number of carbonyl (C=O) groups is 1. The average molecular weight is 494 g/mol. The predicted molar refractivity (Wildman–Crippen MR) is 119 cm³/mol. The highest BCUT2D eigenvalue weighted by Gasteiger charge is 2.33. The number of anilines is 1. The Labute approximate surface area is 182 Å². The number of fused-ring (bicyclic) bond motifs is 1. The van der Waals surface area contributed by atoms with Gasteiger partial charge in [-0.25, -0.2) is 13.4 Å². The van der Waals surface area contributed by atoms with Crippen molar-refractivity contribution in [1.29, 1.82) is 0 Å². The Morgan fingerprint density at radius 2 is 2.00 bits per heavy atom. The lowest BCUT2D eigenvalue weighted by molar-refractivity contribution is -0.120. The van der Waals surface area contributed by atoms with Gasteiger partial charge in [0.15, 0.2) is 5.13 Å². The van der Waals surface area contributed by atoms with Crippen LogP contribution in [0.1, 0.15) is 18.4 Å². The Hall–Kier alpha value is -1.81. The Kier molecular flexibility index (Phi) is 5.74. The summed E-state index contributed by atoms with van der Waals surface area (Å²) in [5.74, 6) is -0.588. The van der Waals surface area contributed by atoms with Gasteiger partial charge in [-0.3, -0.25) is 4.79 Å². The number of aromatic nitrogens is 1. The minimum atomic E-state index is -3.61. The molecule has 1 aromatic heterocycles. The number of hydrogen-bond donors (Lipinski definition) is 1. The van der Waals surface area contributed by atoms with E-state index in [1.54, 1.807) is 24.3 Å². The molecule has 152 valence electrons. The monoisotopic (exact) mass is 493 g/mol. The SMILES string of the molecule is Cc1ccc(S(=O)(=O)N2CCCC(C(=O)Nc3nc4ccc(Br)cc4s3)C2)cc1. The summed E-state index contributed by atoms with van der Waals surface area (Å²) >= 11 is 4.84. The molecule has 1 aliphatic rings. The van der Waals surface area contributed by atoms with E-state index >= 15 is 0 Å². The zero-order valence-corrected chi connectivity index (χ0v) is 19.0. The molecule has 1 unspecified atom stereocenters. The molecule has 0 spiro atoms. The molecular weight excluding hydrogens is 474 g/mol. The fraction of sp³-hybridized carbons (Fsp3) is 0.300. The summed E-state index contributed by atoms with van der Waals surface area (Å²) in [7, 11) is -3.61. The highest BCUT2D eigenvalue weighted by molar-refractivity contribution is 9.10. The number of nitrogens with zero attached hydrogens (tertiary/aromatic N) is 2. The largest absolute Gasteiger partial charge is 0.302 e. The molecule has 0 aliphatic carbocycles. The zero-order chi connectivity index (χ0) is 20.6. The molecule has 0 radical (unpaired) electrons. The summed E-state index contributed by atoms with van der Waals surface area (Å²) in [6.07, 6.45) is 1.30. The summed E-state index contributed by atoms with van der Waals surface area (Å²) in [5, 5.41) is 3.40. The highest BCUT2D eigenvalue weighted by Crippen LogP contribution is 2.30. The van der Waals surface area contributed by atoms with Crippen molar-refractivity contribution < 1.29 is 13.2 Å². The van der Waals surface area contributed by atoms with Crippen LogP contribution in [0.25, 0.3) is 10.2 Å². The average Bonchev–Trinajstić information content (AvgIpc) is 3.09. The normalized spacial score (nSPS) is 18.1. The van der Waals surface area contributed by atoms with Crippen molar-refractivity contribution in [2.24, 2.45) is 5.92 Å². The molecule has 6 nitrogen and oxygen atoms in total. The van der Waals surface area contributed by atoms with Crippen molar-refractivity contribution in [3.05, 3.63) is 52.5 Å². The second-order valence-corrected chi connectivity index (χ2v) is 11.0. The van der Waals surface area contributed by atoms with Gasteiger partial charge in [0.25, 0.3) is 0 Å². The number of benzene rings is 2. The predicted octanol–water partition coefficient (Wildman–Crippen LogP) is 4.41. The Morgan fingerprint density at radius 1 is 1.24 bits per heavy atom. The van der Waals surface area contributed by atoms with Gasteiger partial charge in [-0.2, -0.15) is 4.31 Å². The van der Waals surface area contributed by atoms with E-state index in [2.05, 4.69) is 26.2 Å². The lowest BCUT2D eigenvalue weighted by Crippen LogP contribution is -2.43. The van der Waals surface area contributed by atoms with Crippen LogP contribution < -0.4 is 5.32 Å². The number of aryl methyl sites for hydroxylation is 1. The standard InChI is InChI=1S/C20H20BrN3O3S2/c1-13-4-7-16(8-5-13)29(26,27)24-10-2-3-14(12-24)19(25)23-20-22-17-9-6-15(21)11-18(17)28-20/h4-9,11,14H,2-3,10,12H2,1H3,(H,22,23,25). The molecule has 3 aromatic rings. The van der Waals surface area contributed by atoms with Crippen LogP contribution in [0.5, 0.6) is 0 Å². The van der Waals surface area contributed by atoms with Gasteiger partial charge in [-0.05, 0) is 50.1 Å². The number of halogens is 1. The fourth-order valence-electron chi connectivity index (χ4n) is 3.39. The van der Waals surface area contributed by atoms with Crippen LogP contribution >= 0.6 is 27.3 Å². The molecule has 0 bridgehead atoms. The molecule has 1 saturated heterocycles. The number of sulfonamides is 1.